The van der Waals surface area contributed by atoms with Crippen LogP contribution in [0.5, 0.6) is 0 Å². The normalized spacial score (nSPS) is 20.4. The lowest BCUT2D eigenvalue weighted by molar-refractivity contribution is -0.121. The lowest BCUT2D eigenvalue weighted by atomic mass is 10.0. The number of nitriles is 1. The second-order valence-electron chi connectivity index (χ2n) is 3.67. The molecule has 0 aromatic rings. The Hall–Kier alpha value is -1.08. The molecule has 0 spiro atoms. The summed E-state index contributed by atoms with van der Waals surface area (Å²) in [5.41, 5.74) is 0. The van der Waals surface area contributed by atoms with Crippen LogP contribution in [0.1, 0.15) is 25.7 Å². The van der Waals surface area contributed by atoms with Gasteiger partial charge in [0.25, 0.3) is 0 Å². The van der Waals surface area contributed by atoms with Gasteiger partial charge in [0.1, 0.15) is 0 Å². The molecule has 2 N–H and O–H groups in total. The lowest BCUT2D eigenvalue weighted by Crippen LogP contribution is -2.27. The van der Waals surface area contributed by atoms with Crippen molar-refractivity contribution in [2.24, 2.45) is 5.92 Å². The topological polar surface area (TPSA) is 64.9 Å². The van der Waals surface area contributed by atoms with Crippen LogP contribution < -0.4 is 10.6 Å². The Morgan fingerprint density at radius 1 is 1.64 bits per heavy atom. The maximum Gasteiger partial charge on any atom is 0.220 e. The van der Waals surface area contributed by atoms with E-state index in [1.54, 1.807) is 0 Å². The van der Waals surface area contributed by atoms with Gasteiger partial charge in [-0.3, -0.25) is 4.79 Å². The largest absolute Gasteiger partial charge is 0.356 e. The second kappa shape index (κ2) is 6.39. The molecule has 0 aliphatic carbocycles. The van der Waals surface area contributed by atoms with Crippen molar-refractivity contribution >= 4 is 5.91 Å². The van der Waals surface area contributed by atoms with Crippen molar-refractivity contribution in [3.8, 4) is 6.07 Å². The van der Waals surface area contributed by atoms with Gasteiger partial charge in [0.2, 0.25) is 5.91 Å². The van der Waals surface area contributed by atoms with Gasteiger partial charge < -0.3 is 10.6 Å². The molecule has 1 aliphatic heterocycles. The molecule has 1 heterocycles. The molecular weight excluding hydrogens is 178 g/mol. The highest BCUT2D eigenvalue weighted by molar-refractivity contribution is 5.76. The predicted octanol–water partition coefficient (Wildman–Crippen LogP) is 0.406. The number of carbonyl (C=O) groups excluding carboxylic acids is 1. The first-order chi connectivity index (χ1) is 6.83. The van der Waals surface area contributed by atoms with Crippen LogP contribution >= 0.6 is 0 Å². The summed E-state index contributed by atoms with van der Waals surface area (Å²) in [5.74, 6) is 0.627. The van der Waals surface area contributed by atoms with Crippen molar-refractivity contribution in [1.82, 2.24) is 10.6 Å². The minimum atomic E-state index is 0.122. The van der Waals surface area contributed by atoms with Gasteiger partial charge in [-0.2, -0.15) is 5.26 Å². The minimum absolute atomic E-state index is 0.122. The van der Waals surface area contributed by atoms with E-state index in [2.05, 4.69) is 16.7 Å². The Labute approximate surface area is 84.7 Å². The summed E-state index contributed by atoms with van der Waals surface area (Å²) >= 11 is 0. The summed E-state index contributed by atoms with van der Waals surface area (Å²) in [6.07, 6.45) is 3.00. The zero-order valence-corrected chi connectivity index (χ0v) is 8.38. The Kier molecular flexibility index (Phi) is 5.02. The maximum absolute atomic E-state index is 11.3. The van der Waals surface area contributed by atoms with Crippen LogP contribution in [0.25, 0.3) is 0 Å². The molecule has 4 nitrogen and oxygen atoms in total. The molecule has 1 saturated heterocycles. The fourth-order valence-corrected chi connectivity index (χ4v) is 1.62. The summed E-state index contributed by atoms with van der Waals surface area (Å²) in [4.78, 5) is 11.3. The van der Waals surface area contributed by atoms with Crippen molar-refractivity contribution < 1.29 is 4.79 Å². The van der Waals surface area contributed by atoms with Gasteiger partial charge in [0, 0.05) is 19.4 Å². The average Bonchev–Trinajstić information content (AvgIpc) is 2.65. The second-order valence-corrected chi connectivity index (χ2v) is 3.67. The molecule has 0 aromatic carbocycles. The molecule has 14 heavy (non-hydrogen) atoms. The number of hydrogen-bond donors (Lipinski definition) is 2. The molecule has 78 valence electrons. The third-order valence-electron chi connectivity index (χ3n) is 2.42. The van der Waals surface area contributed by atoms with Crippen LogP contribution in [0.15, 0.2) is 0 Å². The molecule has 1 unspecified atom stereocenters. The van der Waals surface area contributed by atoms with Gasteiger partial charge in [0.05, 0.1) is 6.07 Å². The van der Waals surface area contributed by atoms with E-state index in [4.69, 9.17) is 5.26 Å². The van der Waals surface area contributed by atoms with Gasteiger partial charge >= 0.3 is 0 Å². The van der Waals surface area contributed by atoms with Crippen molar-refractivity contribution in [2.45, 2.75) is 25.7 Å². The first-order valence-electron chi connectivity index (χ1n) is 5.17. The van der Waals surface area contributed by atoms with Crippen molar-refractivity contribution in [3.63, 3.8) is 0 Å². The SMILES string of the molecule is N#CCCCNC(=O)CC1CCNC1. The summed E-state index contributed by atoms with van der Waals surface area (Å²) < 4.78 is 0. The van der Waals surface area contributed by atoms with Gasteiger partial charge in [-0.05, 0) is 31.8 Å². The Bertz CT molecular complexity index is 216. The molecule has 4 heteroatoms. The number of amides is 1. The zero-order chi connectivity index (χ0) is 10.2. The molecule has 0 aromatic heterocycles. The fourth-order valence-electron chi connectivity index (χ4n) is 1.62. The average molecular weight is 195 g/mol. The van der Waals surface area contributed by atoms with Crippen molar-refractivity contribution in [2.75, 3.05) is 19.6 Å². The molecule has 1 aliphatic rings. The summed E-state index contributed by atoms with van der Waals surface area (Å²) in [6, 6.07) is 2.05. The summed E-state index contributed by atoms with van der Waals surface area (Å²) in [6.45, 7) is 2.63. The molecule has 0 radical (unpaired) electrons. The number of nitrogens with zero attached hydrogens (tertiary/aromatic N) is 1. The van der Waals surface area contributed by atoms with E-state index in [1.807, 2.05) is 0 Å². The molecule has 1 atom stereocenters. The number of hydrogen-bond acceptors (Lipinski definition) is 3. The van der Waals surface area contributed by atoms with Crippen LogP contribution in [0.3, 0.4) is 0 Å². The van der Waals surface area contributed by atoms with E-state index in [-0.39, 0.29) is 5.91 Å². The van der Waals surface area contributed by atoms with E-state index in [0.29, 0.717) is 25.3 Å². The van der Waals surface area contributed by atoms with Crippen LogP contribution in [0, 0.1) is 17.2 Å². The Morgan fingerprint density at radius 3 is 3.14 bits per heavy atom. The quantitative estimate of drug-likeness (QED) is 0.624. The predicted molar refractivity (Wildman–Crippen MR) is 53.5 cm³/mol. The standard InChI is InChI=1S/C10H17N3O/c11-4-1-2-5-13-10(14)7-9-3-6-12-8-9/h9,12H,1-3,5-8H2,(H,13,14). The van der Waals surface area contributed by atoms with Crippen LogP contribution in [0.2, 0.25) is 0 Å². The summed E-state index contributed by atoms with van der Waals surface area (Å²) in [7, 11) is 0. The first-order valence-corrected chi connectivity index (χ1v) is 5.17. The van der Waals surface area contributed by atoms with E-state index in [9.17, 15) is 4.79 Å². The van der Waals surface area contributed by atoms with Crippen LogP contribution in [-0.4, -0.2) is 25.5 Å². The van der Waals surface area contributed by atoms with Crippen LogP contribution in [0.4, 0.5) is 0 Å². The number of carbonyl (C=O) groups is 1. The Morgan fingerprint density at radius 2 is 2.50 bits per heavy atom. The number of rotatable bonds is 5. The van der Waals surface area contributed by atoms with Crippen molar-refractivity contribution in [1.29, 1.82) is 5.26 Å². The lowest BCUT2D eigenvalue weighted by Gasteiger charge is -2.07. The molecule has 0 saturated carbocycles. The Balaban J connectivity index is 2.01. The zero-order valence-electron chi connectivity index (χ0n) is 8.38. The highest BCUT2D eigenvalue weighted by Gasteiger charge is 2.17. The third-order valence-corrected chi connectivity index (χ3v) is 2.42. The highest BCUT2D eigenvalue weighted by Crippen LogP contribution is 2.11. The van der Waals surface area contributed by atoms with E-state index < -0.39 is 0 Å². The molecule has 1 amide bonds. The van der Waals surface area contributed by atoms with Gasteiger partial charge in [-0.15, -0.1) is 0 Å². The third kappa shape index (κ3) is 4.24. The first kappa shape index (κ1) is 11.0. The molecular formula is C10H17N3O. The maximum atomic E-state index is 11.3. The van der Waals surface area contributed by atoms with Crippen LogP contribution in [-0.2, 0) is 4.79 Å². The van der Waals surface area contributed by atoms with Gasteiger partial charge in [-0.25, -0.2) is 0 Å². The number of unbranched alkanes of at least 4 members (excludes halogenated alkanes) is 1. The molecule has 1 rings (SSSR count). The van der Waals surface area contributed by atoms with E-state index in [1.165, 1.54) is 0 Å². The fraction of sp³-hybridized carbons (Fsp3) is 0.800. The smallest absolute Gasteiger partial charge is 0.220 e. The highest BCUT2D eigenvalue weighted by atomic mass is 16.1. The van der Waals surface area contributed by atoms with Gasteiger partial charge in [-0.1, -0.05) is 0 Å². The molecule has 0 bridgehead atoms. The number of nitrogens with one attached hydrogen (secondary N) is 2. The van der Waals surface area contributed by atoms with Gasteiger partial charge in [0.15, 0.2) is 0 Å². The molecule has 1 fully saturated rings. The van der Waals surface area contributed by atoms with E-state index >= 15 is 0 Å². The van der Waals surface area contributed by atoms with E-state index in [0.717, 1.165) is 25.9 Å². The van der Waals surface area contributed by atoms with Crippen molar-refractivity contribution in [3.05, 3.63) is 0 Å². The summed E-state index contributed by atoms with van der Waals surface area (Å²) in [5, 5.41) is 14.3. The minimum Gasteiger partial charge on any atom is -0.356 e. The monoisotopic (exact) mass is 195 g/mol.